The van der Waals surface area contributed by atoms with Crippen LogP contribution < -0.4 is 0 Å². The lowest BCUT2D eigenvalue weighted by molar-refractivity contribution is -0.141. The lowest BCUT2D eigenvalue weighted by Gasteiger charge is -2.32. The van der Waals surface area contributed by atoms with Crippen molar-refractivity contribution in [3.05, 3.63) is 23.2 Å². The zero-order valence-electron chi connectivity index (χ0n) is 12.0. The molecule has 0 aliphatic carbocycles. The second-order valence-corrected chi connectivity index (χ2v) is 5.82. The van der Waals surface area contributed by atoms with E-state index in [1.807, 2.05) is 0 Å². The van der Waals surface area contributed by atoms with E-state index in [9.17, 15) is 17.6 Å². The number of alkyl halides is 3. The van der Waals surface area contributed by atoms with Crippen molar-refractivity contribution in [2.45, 2.75) is 45.1 Å². The summed E-state index contributed by atoms with van der Waals surface area (Å²) in [5.41, 5.74) is -3.53. The predicted octanol–water partition coefficient (Wildman–Crippen LogP) is 3.37. The summed E-state index contributed by atoms with van der Waals surface area (Å²) in [5.74, 6) is 0. The molecule has 0 aromatic carbocycles. The fourth-order valence-electron chi connectivity index (χ4n) is 1.72. The summed E-state index contributed by atoms with van der Waals surface area (Å²) >= 11 is 0. The molecule has 0 unspecified atom stereocenters. The van der Waals surface area contributed by atoms with Crippen LogP contribution in [-0.2, 0) is 15.5 Å². The molecule has 0 atom stereocenters. The number of aromatic amines is 1. The van der Waals surface area contributed by atoms with Crippen LogP contribution in [0.5, 0.6) is 0 Å². The maximum Gasteiger partial charge on any atom is 0.525 e. The molecule has 21 heavy (non-hydrogen) atoms. The summed E-state index contributed by atoms with van der Waals surface area (Å²) < 4.78 is 62.2. The molecule has 1 aromatic heterocycles. The topological polar surface area (TPSA) is 47.1 Å². The lowest BCUT2D eigenvalue weighted by Crippen LogP contribution is -2.41. The zero-order chi connectivity index (χ0) is 16.1. The molecule has 0 radical (unpaired) electrons. The van der Waals surface area contributed by atoms with E-state index in [0.717, 1.165) is 6.08 Å². The van der Waals surface area contributed by atoms with Crippen LogP contribution >= 0.6 is 0 Å². The van der Waals surface area contributed by atoms with Crippen LogP contribution in [0.25, 0.3) is 6.08 Å². The molecule has 9 heteroatoms. The van der Waals surface area contributed by atoms with Gasteiger partial charge in [0.2, 0.25) is 0 Å². The number of nitrogens with one attached hydrogen (secondary N) is 1. The highest BCUT2D eigenvalue weighted by Gasteiger charge is 2.53. The molecule has 1 fully saturated rings. The molecular formula is C12H15BF4N2O2. The van der Waals surface area contributed by atoms with E-state index in [1.54, 1.807) is 32.8 Å². The Kier molecular flexibility index (Phi) is 3.70. The fraction of sp³-hybridized carbons (Fsp3) is 0.583. The first-order valence-corrected chi connectivity index (χ1v) is 6.28. The Bertz CT molecular complexity index is 550. The van der Waals surface area contributed by atoms with Crippen LogP contribution in [-0.4, -0.2) is 28.5 Å². The van der Waals surface area contributed by atoms with Crippen LogP contribution in [0.3, 0.4) is 0 Å². The number of halogens is 4. The number of aromatic nitrogens is 2. The van der Waals surface area contributed by atoms with Crippen molar-refractivity contribution in [2.24, 2.45) is 0 Å². The maximum absolute atomic E-state index is 14.1. The molecule has 116 valence electrons. The van der Waals surface area contributed by atoms with Crippen LogP contribution in [0.1, 0.15) is 39.1 Å². The van der Waals surface area contributed by atoms with Crippen molar-refractivity contribution in [1.82, 2.24) is 10.2 Å². The molecule has 0 amide bonds. The van der Waals surface area contributed by atoms with Gasteiger partial charge >= 0.3 is 13.3 Å². The number of hydrogen-bond donors (Lipinski definition) is 1. The van der Waals surface area contributed by atoms with Crippen molar-refractivity contribution in [2.75, 3.05) is 0 Å². The SMILES string of the molecule is CC1(C)OB(C(F)=Cc2cc(C(F)(F)F)[nH]n2)OC1(C)C. The Labute approximate surface area is 119 Å². The second kappa shape index (κ2) is 4.84. The third-order valence-electron chi connectivity index (χ3n) is 3.67. The quantitative estimate of drug-likeness (QED) is 0.673. The summed E-state index contributed by atoms with van der Waals surface area (Å²) in [5, 5.41) is 5.20. The van der Waals surface area contributed by atoms with Gasteiger partial charge in [0.05, 0.1) is 16.9 Å². The average Bonchev–Trinajstić information content (AvgIpc) is 2.82. The van der Waals surface area contributed by atoms with E-state index < -0.39 is 35.9 Å². The molecule has 1 N–H and O–H groups in total. The third kappa shape index (κ3) is 3.13. The van der Waals surface area contributed by atoms with Gasteiger partial charge in [0.1, 0.15) is 11.4 Å². The van der Waals surface area contributed by atoms with Gasteiger partial charge in [0.15, 0.2) is 0 Å². The fourth-order valence-corrected chi connectivity index (χ4v) is 1.72. The van der Waals surface area contributed by atoms with Crippen LogP contribution in [0.4, 0.5) is 17.6 Å². The van der Waals surface area contributed by atoms with Gasteiger partial charge in [-0.25, -0.2) is 4.39 Å². The van der Waals surface area contributed by atoms with E-state index in [1.165, 1.54) is 0 Å². The molecule has 1 aliphatic rings. The number of rotatable bonds is 2. The molecule has 2 rings (SSSR count). The van der Waals surface area contributed by atoms with Crippen molar-refractivity contribution < 1.29 is 26.9 Å². The number of H-pyrrole nitrogens is 1. The van der Waals surface area contributed by atoms with Gasteiger partial charge in [-0.1, -0.05) is 0 Å². The Morgan fingerprint density at radius 2 is 1.76 bits per heavy atom. The van der Waals surface area contributed by atoms with Crippen molar-refractivity contribution in [3.63, 3.8) is 0 Å². The summed E-state index contributed by atoms with van der Waals surface area (Å²) in [7, 11) is -1.26. The minimum absolute atomic E-state index is 0.186. The molecule has 0 saturated carbocycles. The van der Waals surface area contributed by atoms with Crippen LogP contribution in [0, 0.1) is 0 Å². The summed E-state index contributed by atoms with van der Waals surface area (Å²) in [6, 6.07) is 0.713. The van der Waals surface area contributed by atoms with Gasteiger partial charge in [0.25, 0.3) is 0 Å². The van der Waals surface area contributed by atoms with E-state index >= 15 is 0 Å². The number of nitrogens with zero attached hydrogens (tertiary/aromatic N) is 1. The smallest absolute Gasteiger partial charge is 0.398 e. The standard InChI is InChI=1S/C12H15BF4N2O2/c1-10(2)11(3,4)21-13(20-10)9(14)6-7-5-8(19-18-7)12(15,16)17/h5-6H,1-4H3,(H,18,19). The van der Waals surface area contributed by atoms with E-state index in [0.29, 0.717) is 6.07 Å². The summed E-state index contributed by atoms with van der Waals surface area (Å²) in [4.78, 5) is 0. The van der Waals surface area contributed by atoms with Gasteiger partial charge in [-0.2, -0.15) is 18.3 Å². The average molecular weight is 306 g/mol. The third-order valence-corrected chi connectivity index (χ3v) is 3.67. The highest BCUT2D eigenvalue weighted by atomic mass is 19.4. The highest BCUT2D eigenvalue weighted by molar-refractivity contribution is 6.54. The molecule has 1 saturated heterocycles. The van der Waals surface area contributed by atoms with Crippen molar-refractivity contribution in [1.29, 1.82) is 0 Å². The Hall–Kier alpha value is -1.35. The van der Waals surface area contributed by atoms with Gasteiger partial charge in [-0.15, -0.1) is 0 Å². The molecular weight excluding hydrogens is 291 g/mol. The van der Waals surface area contributed by atoms with E-state index in [-0.39, 0.29) is 5.69 Å². The van der Waals surface area contributed by atoms with E-state index in [4.69, 9.17) is 9.31 Å². The highest BCUT2D eigenvalue weighted by Crippen LogP contribution is 2.39. The monoisotopic (exact) mass is 306 g/mol. The molecule has 0 bridgehead atoms. The van der Waals surface area contributed by atoms with Gasteiger partial charge in [-0.3, -0.25) is 5.10 Å². The van der Waals surface area contributed by atoms with Crippen LogP contribution in [0.15, 0.2) is 11.8 Å². The Balaban J connectivity index is 2.18. The molecule has 2 heterocycles. The molecule has 1 aliphatic heterocycles. The van der Waals surface area contributed by atoms with Crippen molar-refractivity contribution in [3.8, 4) is 0 Å². The predicted molar refractivity (Wildman–Crippen MR) is 68.8 cm³/mol. The lowest BCUT2D eigenvalue weighted by atomic mass is 9.87. The Morgan fingerprint density at radius 1 is 1.24 bits per heavy atom. The summed E-state index contributed by atoms with van der Waals surface area (Å²) in [6.07, 6.45) is -3.70. The van der Waals surface area contributed by atoms with E-state index in [2.05, 4.69) is 5.10 Å². The first-order chi connectivity index (χ1) is 9.42. The minimum Gasteiger partial charge on any atom is -0.398 e. The second-order valence-electron chi connectivity index (χ2n) is 5.82. The summed E-state index contributed by atoms with van der Waals surface area (Å²) in [6.45, 7) is 6.99. The zero-order valence-corrected chi connectivity index (χ0v) is 12.0. The molecule has 1 aromatic rings. The maximum atomic E-state index is 14.1. The van der Waals surface area contributed by atoms with Crippen molar-refractivity contribution >= 4 is 13.2 Å². The van der Waals surface area contributed by atoms with Crippen LogP contribution in [0.2, 0.25) is 0 Å². The van der Waals surface area contributed by atoms with Gasteiger partial charge in [-0.05, 0) is 39.8 Å². The largest absolute Gasteiger partial charge is 0.525 e. The minimum atomic E-state index is -4.56. The number of hydrogen-bond acceptors (Lipinski definition) is 3. The van der Waals surface area contributed by atoms with Gasteiger partial charge < -0.3 is 9.31 Å². The van der Waals surface area contributed by atoms with Gasteiger partial charge in [0, 0.05) is 0 Å². The normalized spacial score (nSPS) is 21.9. The Morgan fingerprint density at radius 3 is 2.19 bits per heavy atom. The first kappa shape index (κ1) is 16.0. The first-order valence-electron chi connectivity index (χ1n) is 6.28. The molecule has 0 spiro atoms. The molecule has 4 nitrogen and oxygen atoms in total.